The van der Waals surface area contributed by atoms with Gasteiger partial charge in [-0.2, -0.15) is 5.11 Å². The standard InChI is InChI=1S/C20H18N2O2.C2H6/c1-13-7-4-5-8-17(13)21-22-19(18-9-6-10-24-18)16-11-14(2)20(23)15(3)12-16;1-2/h4-12H,1-3H3;1-2H3. The van der Waals surface area contributed by atoms with Crippen LogP contribution in [0.2, 0.25) is 0 Å². The predicted octanol–water partition coefficient (Wildman–Crippen LogP) is 6.58. The normalized spacial score (nSPS) is 13.9. The van der Waals surface area contributed by atoms with Crippen LogP contribution >= 0.6 is 0 Å². The highest BCUT2D eigenvalue weighted by Gasteiger charge is 2.17. The topological polar surface area (TPSA) is 54.9 Å². The minimum Gasteiger partial charge on any atom is -0.463 e. The molecule has 0 saturated carbocycles. The monoisotopic (exact) mass is 348 g/mol. The Labute approximate surface area is 154 Å². The Morgan fingerprint density at radius 1 is 0.923 bits per heavy atom. The zero-order valence-electron chi connectivity index (χ0n) is 15.9. The lowest BCUT2D eigenvalue weighted by atomic mass is 9.94. The van der Waals surface area contributed by atoms with Crippen LogP contribution < -0.4 is 0 Å². The molecule has 0 radical (unpaired) electrons. The van der Waals surface area contributed by atoms with Gasteiger partial charge in [0.1, 0.15) is 5.70 Å². The minimum atomic E-state index is 0.0494. The summed E-state index contributed by atoms with van der Waals surface area (Å²) in [5.74, 6) is 0.665. The SMILES string of the molecule is CC.CC1=CC(=C(N=Nc2ccccc2C)c2ccco2)C=C(C)C1=O. The number of azo groups is 1. The summed E-state index contributed by atoms with van der Waals surface area (Å²) in [6.07, 6.45) is 5.24. The first kappa shape index (κ1) is 19.3. The van der Waals surface area contributed by atoms with Crippen LogP contribution in [0, 0.1) is 6.92 Å². The van der Waals surface area contributed by atoms with E-state index in [0.29, 0.717) is 22.6 Å². The van der Waals surface area contributed by atoms with Crippen molar-refractivity contribution in [1.29, 1.82) is 0 Å². The molecule has 0 amide bonds. The van der Waals surface area contributed by atoms with Gasteiger partial charge in [-0.3, -0.25) is 4.79 Å². The number of allylic oxidation sites excluding steroid dienone is 5. The molecule has 0 aliphatic heterocycles. The van der Waals surface area contributed by atoms with Gasteiger partial charge in [-0.25, -0.2) is 0 Å². The highest BCUT2D eigenvalue weighted by Crippen LogP contribution is 2.30. The lowest BCUT2D eigenvalue weighted by Crippen LogP contribution is -2.06. The zero-order valence-corrected chi connectivity index (χ0v) is 15.9. The van der Waals surface area contributed by atoms with E-state index in [0.717, 1.165) is 16.8 Å². The number of rotatable bonds is 3. The van der Waals surface area contributed by atoms with Crippen molar-refractivity contribution in [2.75, 3.05) is 0 Å². The van der Waals surface area contributed by atoms with Crippen LogP contribution in [-0.2, 0) is 4.79 Å². The van der Waals surface area contributed by atoms with Gasteiger partial charge >= 0.3 is 0 Å². The fourth-order valence-electron chi connectivity index (χ4n) is 2.53. The lowest BCUT2D eigenvalue weighted by molar-refractivity contribution is -0.112. The van der Waals surface area contributed by atoms with E-state index < -0.39 is 0 Å². The van der Waals surface area contributed by atoms with E-state index in [4.69, 9.17) is 4.42 Å². The summed E-state index contributed by atoms with van der Waals surface area (Å²) in [5, 5.41) is 8.80. The second kappa shape index (κ2) is 8.90. The van der Waals surface area contributed by atoms with E-state index >= 15 is 0 Å². The fraction of sp³-hybridized carbons (Fsp3) is 0.227. The van der Waals surface area contributed by atoms with Gasteiger partial charge in [0.05, 0.1) is 12.0 Å². The minimum absolute atomic E-state index is 0.0494. The maximum absolute atomic E-state index is 12.0. The number of carbonyl (C=O) groups excluding carboxylic acids is 1. The van der Waals surface area contributed by atoms with E-state index in [9.17, 15) is 4.79 Å². The van der Waals surface area contributed by atoms with E-state index in [1.165, 1.54) is 0 Å². The zero-order chi connectivity index (χ0) is 19.1. The molecule has 1 aromatic carbocycles. The molecule has 0 spiro atoms. The Kier molecular flexibility index (Phi) is 6.61. The van der Waals surface area contributed by atoms with E-state index in [1.54, 1.807) is 26.2 Å². The number of Topliss-reactive ketones (excluding diaryl/α,β-unsaturated/α-hetero) is 1. The first-order chi connectivity index (χ1) is 12.6. The molecular weight excluding hydrogens is 324 g/mol. The molecule has 0 fully saturated rings. The van der Waals surface area contributed by atoms with Gasteiger partial charge in [0.2, 0.25) is 0 Å². The van der Waals surface area contributed by atoms with Crippen LogP contribution in [0.3, 0.4) is 0 Å². The summed E-state index contributed by atoms with van der Waals surface area (Å²) in [4.78, 5) is 12.0. The van der Waals surface area contributed by atoms with Crippen molar-refractivity contribution in [1.82, 2.24) is 0 Å². The van der Waals surface area contributed by atoms with Gasteiger partial charge in [-0.15, -0.1) is 5.11 Å². The Bertz CT molecular complexity index is 874. The molecule has 0 N–H and O–H groups in total. The molecule has 0 atom stereocenters. The summed E-state index contributed by atoms with van der Waals surface area (Å²) in [6, 6.07) is 11.4. The van der Waals surface area contributed by atoms with Crippen molar-refractivity contribution in [3.63, 3.8) is 0 Å². The van der Waals surface area contributed by atoms with Crippen LogP contribution in [0.15, 0.2) is 86.2 Å². The molecule has 3 rings (SSSR count). The number of furan rings is 1. The fourth-order valence-corrected chi connectivity index (χ4v) is 2.53. The van der Waals surface area contributed by atoms with Crippen LogP contribution in [-0.4, -0.2) is 5.78 Å². The van der Waals surface area contributed by atoms with Crippen molar-refractivity contribution in [3.8, 4) is 0 Å². The molecular formula is C22H24N2O2. The van der Waals surface area contributed by atoms with E-state index in [2.05, 4.69) is 10.2 Å². The maximum Gasteiger partial charge on any atom is 0.184 e. The number of benzene rings is 1. The second-order valence-corrected chi connectivity index (χ2v) is 5.75. The summed E-state index contributed by atoms with van der Waals surface area (Å²) in [5.41, 5.74) is 4.63. The third kappa shape index (κ3) is 4.33. The van der Waals surface area contributed by atoms with Crippen molar-refractivity contribution in [2.24, 2.45) is 10.2 Å². The van der Waals surface area contributed by atoms with Crippen LogP contribution in [0.1, 0.15) is 39.0 Å². The molecule has 2 aromatic rings. The van der Waals surface area contributed by atoms with Gasteiger partial charge in [0, 0.05) is 5.57 Å². The Morgan fingerprint density at radius 2 is 1.58 bits per heavy atom. The summed E-state index contributed by atoms with van der Waals surface area (Å²) in [6.45, 7) is 9.59. The highest BCUT2D eigenvalue weighted by atomic mass is 16.3. The van der Waals surface area contributed by atoms with Crippen molar-refractivity contribution < 1.29 is 9.21 Å². The number of ketones is 1. The van der Waals surface area contributed by atoms with Crippen molar-refractivity contribution >= 4 is 17.2 Å². The molecule has 4 nitrogen and oxygen atoms in total. The third-order valence-corrected chi connectivity index (χ3v) is 3.86. The number of hydrogen-bond acceptors (Lipinski definition) is 4. The summed E-state index contributed by atoms with van der Waals surface area (Å²) in [7, 11) is 0. The molecule has 4 heteroatoms. The number of aryl methyl sites for hydroxylation is 1. The van der Waals surface area contributed by atoms with Crippen molar-refractivity contribution in [2.45, 2.75) is 34.6 Å². The van der Waals surface area contributed by atoms with Gasteiger partial charge in [-0.05, 0) is 67.8 Å². The first-order valence-electron chi connectivity index (χ1n) is 8.73. The van der Waals surface area contributed by atoms with Gasteiger partial charge in [0.25, 0.3) is 0 Å². The van der Waals surface area contributed by atoms with Gasteiger partial charge < -0.3 is 4.42 Å². The molecule has 1 aliphatic rings. The average molecular weight is 348 g/mol. The van der Waals surface area contributed by atoms with Crippen molar-refractivity contribution in [3.05, 3.63) is 82.9 Å². The average Bonchev–Trinajstić information content (AvgIpc) is 3.17. The first-order valence-corrected chi connectivity index (χ1v) is 8.73. The van der Waals surface area contributed by atoms with E-state index in [1.807, 2.05) is 63.3 Å². The second-order valence-electron chi connectivity index (χ2n) is 5.75. The largest absolute Gasteiger partial charge is 0.463 e. The number of nitrogens with zero attached hydrogens (tertiary/aromatic N) is 2. The van der Waals surface area contributed by atoms with Crippen LogP contribution in [0.4, 0.5) is 5.69 Å². The molecule has 0 saturated heterocycles. The Morgan fingerprint density at radius 3 is 2.15 bits per heavy atom. The molecule has 1 heterocycles. The molecule has 0 unspecified atom stereocenters. The maximum atomic E-state index is 12.0. The number of carbonyl (C=O) groups is 1. The molecule has 0 bridgehead atoms. The Hall–Kier alpha value is -3.01. The third-order valence-electron chi connectivity index (χ3n) is 3.86. The van der Waals surface area contributed by atoms with E-state index in [-0.39, 0.29) is 5.78 Å². The summed E-state index contributed by atoms with van der Waals surface area (Å²) < 4.78 is 5.51. The molecule has 134 valence electrons. The summed E-state index contributed by atoms with van der Waals surface area (Å²) >= 11 is 0. The smallest absolute Gasteiger partial charge is 0.184 e. The van der Waals surface area contributed by atoms with Crippen LogP contribution in [0.25, 0.3) is 5.70 Å². The van der Waals surface area contributed by atoms with Crippen LogP contribution in [0.5, 0.6) is 0 Å². The molecule has 1 aromatic heterocycles. The molecule has 26 heavy (non-hydrogen) atoms. The van der Waals surface area contributed by atoms with Gasteiger partial charge in [-0.1, -0.05) is 32.0 Å². The predicted molar refractivity (Wildman–Crippen MR) is 105 cm³/mol. The Balaban J connectivity index is 0.00000117. The lowest BCUT2D eigenvalue weighted by Gasteiger charge is -2.11. The molecule has 1 aliphatic carbocycles. The number of hydrogen-bond donors (Lipinski definition) is 0. The van der Waals surface area contributed by atoms with Gasteiger partial charge in [0.15, 0.2) is 11.5 Å². The quantitative estimate of drug-likeness (QED) is 0.588. The highest BCUT2D eigenvalue weighted by molar-refractivity contribution is 6.10.